The number of methoxy groups -OCH3 is 1. The van der Waals surface area contributed by atoms with E-state index in [0.717, 1.165) is 24.3 Å². The van der Waals surface area contributed by atoms with Crippen LogP contribution in [0.2, 0.25) is 0 Å². The standard InChI is InChI=1S/C11H21N3O2/c1-9-6-11(14-16-9)7-13-10(8-15-2)4-3-5-12/h6,10,13H,3-5,7-8,12H2,1-2H3. The number of hydrogen-bond donors (Lipinski definition) is 2. The molecule has 0 amide bonds. The summed E-state index contributed by atoms with van der Waals surface area (Å²) in [5.74, 6) is 0.835. The number of nitrogens with one attached hydrogen (secondary N) is 1. The largest absolute Gasteiger partial charge is 0.383 e. The minimum Gasteiger partial charge on any atom is -0.383 e. The maximum Gasteiger partial charge on any atom is 0.133 e. The van der Waals surface area contributed by atoms with Gasteiger partial charge in [-0.25, -0.2) is 0 Å². The maximum absolute atomic E-state index is 5.49. The van der Waals surface area contributed by atoms with E-state index in [1.165, 1.54) is 0 Å². The molecule has 1 unspecified atom stereocenters. The Morgan fingerprint density at radius 2 is 2.44 bits per heavy atom. The molecular weight excluding hydrogens is 206 g/mol. The third-order valence-electron chi connectivity index (χ3n) is 2.37. The van der Waals surface area contributed by atoms with E-state index in [-0.39, 0.29) is 0 Å². The van der Waals surface area contributed by atoms with Crippen LogP contribution >= 0.6 is 0 Å². The number of aryl methyl sites for hydroxylation is 1. The quantitative estimate of drug-likeness (QED) is 0.688. The Morgan fingerprint density at radius 3 is 3.00 bits per heavy atom. The molecule has 1 aromatic heterocycles. The molecule has 92 valence electrons. The van der Waals surface area contributed by atoms with E-state index in [4.69, 9.17) is 15.0 Å². The highest BCUT2D eigenvalue weighted by atomic mass is 16.5. The van der Waals surface area contributed by atoms with Gasteiger partial charge in [0.25, 0.3) is 0 Å². The van der Waals surface area contributed by atoms with Crippen molar-refractivity contribution in [2.45, 2.75) is 32.4 Å². The van der Waals surface area contributed by atoms with Gasteiger partial charge >= 0.3 is 0 Å². The lowest BCUT2D eigenvalue weighted by Gasteiger charge is -2.16. The summed E-state index contributed by atoms with van der Waals surface area (Å²) in [6.45, 7) is 4.00. The van der Waals surface area contributed by atoms with Crippen LogP contribution in [0.4, 0.5) is 0 Å². The lowest BCUT2D eigenvalue weighted by Crippen LogP contribution is -2.33. The van der Waals surface area contributed by atoms with Crippen LogP contribution in [0.1, 0.15) is 24.3 Å². The second-order valence-electron chi connectivity index (χ2n) is 3.89. The molecule has 0 aliphatic heterocycles. The fourth-order valence-electron chi connectivity index (χ4n) is 1.56. The second kappa shape index (κ2) is 7.38. The summed E-state index contributed by atoms with van der Waals surface area (Å²) in [7, 11) is 1.71. The first kappa shape index (κ1) is 13.2. The summed E-state index contributed by atoms with van der Waals surface area (Å²) >= 11 is 0. The Labute approximate surface area is 96.3 Å². The molecule has 0 aliphatic rings. The molecule has 1 aromatic rings. The van der Waals surface area contributed by atoms with Gasteiger partial charge in [-0.15, -0.1) is 0 Å². The molecule has 0 fully saturated rings. The van der Waals surface area contributed by atoms with Crippen LogP contribution in [-0.4, -0.2) is 31.5 Å². The number of nitrogens with two attached hydrogens (primary N) is 1. The van der Waals surface area contributed by atoms with Crippen molar-refractivity contribution in [3.8, 4) is 0 Å². The van der Waals surface area contributed by atoms with Gasteiger partial charge in [0.05, 0.1) is 12.3 Å². The molecule has 0 bridgehead atoms. The van der Waals surface area contributed by atoms with Gasteiger partial charge in [0.1, 0.15) is 5.76 Å². The Hall–Kier alpha value is -0.910. The molecule has 3 N–H and O–H groups in total. The molecule has 0 saturated heterocycles. The zero-order valence-electron chi connectivity index (χ0n) is 10.0. The fourth-order valence-corrected chi connectivity index (χ4v) is 1.56. The fraction of sp³-hybridized carbons (Fsp3) is 0.727. The van der Waals surface area contributed by atoms with E-state index in [1.807, 2.05) is 13.0 Å². The molecule has 0 aromatic carbocycles. The molecule has 16 heavy (non-hydrogen) atoms. The van der Waals surface area contributed by atoms with Crippen LogP contribution in [0.25, 0.3) is 0 Å². The monoisotopic (exact) mass is 227 g/mol. The predicted octanol–water partition coefficient (Wildman–Crippen LogP) is 0.827. The van der Waals surface area contributed by atoms with Crippen LogP contribution in [0.3, 0.4) is 0 Å². The van der Waals surface area contributed by atoms with Gasteiger partial charge in [0.15, 0.2) is 0 Å². The Balaban J connectivity index is 2.30. The van der Waals surface area contributed by atoms with Crippen molar-refractivity contribution in [1.29, 1.82) is 0 Å². The van der Waals surface area contributed by atoms with E-state index in [0.29, 0.717) is 25.7 Å². The molecule has 5 nitrogen and oxygen atoms in total. The van der Waals surface area contributed by atoms with Gasteiger partial charge in [-0.1, -0.05) is 5.16 Å². The van der Waals surface area contributed by atoms with E-state index in [1.54, 1.807) is 7.11 Å². The van der Waals surface area contributed by atoms with Crippen LogP contribution in [0.15, 0.2) is 10.6 Å². The summed E-state index contributed by atoms with van der Waals surface area (Å²) in [6.07, 6.45) is 2.01. The van der Waals surface area contributed by atoms with Crippen molar-refractivity contribution in [3.05, 3.63) is 17.5 Å². The van der Waals surface area contributed by atoms with Gasteiger partial charge in [0.2, 0.25) is 0 Å². The third-order valence-corrected chi connectivity index (χ3v) is 2.37. The molecule has 0 aliphatic carbocycles. The van der Waals surface area contributed by atoms with Crippen molar-refractivity contribution in [2.75, 3.05) is 20.3 Å². The Bertz CT molecular complexity index is 289. The normalized spacial score (nSPS) is 12.9. The first-order valence-electron chi connectivity index (χ1n) is 5.61. The first-order chi connectivity index (χ1) is 7.76. The van der Waals surface area contributed by atoms with Crippen molar-refractivity contribution >= 4 is 0 Å². The van der Waals surface area contributed by atoms with Crippen molar-refractivity contribution in [3.63, 3.8) is 0 Å². The number of hydrogen-bond acceptors (Lipinski definition) is 5. The van der Waals surface area contributed by atoms with Crippen LogP contribution in [0, 0.1) is 6.92 Å². The molecule has 1 rings (SSSR count). The second-order valence-corrected chi connectivity index (χ2v) is 3.89. The van der Waals surface area contributed by atoms with E-state index in [2.05, 4.69) is 10.5 Å². The Morgan fingerprint density at radius 1 is 1.62 bits per heavy atom. The highest BCUT2D eigenvalue weighted by molar-refractivity contribution is 5.03. The van der Waals surface area contributed by atoms with Gasteiger partial charge in [-0.2, -0.15) is 0 Å². The topological polar surface area (TPSA) is 73.3 Å². The summed E-state index contributed by atoms with van der Waals surface area (Å²) in [4.78, 5) is 0. The Kier molecular flexibility index (Phi) is 6.07. The lowest BCUT2D eigenvalue weighted by atomic mass is 10.1. The molecule has 0 radical (unpaired) electrons. The summed E-state index contributed by atoms with van der Waals surface area (Å²) in [5, 5.41) is 7.31. The summed E-state index contributed by atoms with van der Waals surface area (Å²) < 4.78 is 10.1. The van der Waals surface area contributed by atoms with Crippen molar-refractivity contribution < 1.29 is 9.26 Å². The minimum atomic E-state index is 0.325. The third kappa shape index (κ3) is 4.74. The van der Waals surface area contributed by atoms with Gasteiger partial charge in [-0.05, 0) is 26.3 Å². The smallest absolute Gasteiger partial charge is 0.133 e. The number of ether oxygens (including phenoxy) is 1. The predicted molar refractivity (Wildman–Crippen MR) is 62.0 cm³/mol. The number of nitrogens with zero attached hydrogens (tertiary/aromatic N) is 1. The summed E-state index contributed by atoms with van der Waals surface area (Å²) in [5.41, 5.74) is 6.41. The zero-order valence-corrected chi connectivity index (χ0v) is 10.0. The zero-order chi connectivity index (χ0) is 11.8. The molecular formula is C11H21N3O2. The molecule has 1 heterocycles. The van der Waals surface area contributed by atoms with Crippen molar-refractivity contribution in [2.24, 2.45) is 5.73 Å². The lowest BCUT2D eigenvalue weighted by molar-refractivity contribution is 0.160. The maximum atomic E-state index is 5.49. The molecule has 1 atom stereocenters. The van der Waals surface area contributed by atoms with E-state index < -0.39 is 0 Å². The highest BCUT2D eigenvalue weighted by Gasteiger charge is 2.08. The highest BCUT2D eigenvalue weighted by Crippen LogP contribution is 2.03. The van der Waals surface area contributed by atoms with Crippen LogP contribution in [-0.2, 0) is 11.3 Å². The number of rotatable bonds is 8. The van der Waals surface area contributed by atoms with Crippen LogP contribution in [0.5, 0.6) is 0 Å². The summed E-state index contributed by atoms with van der Waals surface area (Å²) in [6, 6.07) is 2.25. The average molecular weight is 227 g/mol. The average Bonchev–Trinajstić information content (AvgIpc) is 2.68. The van der Waals surface area contributed by atoms with Crippen molar-refractivity contribution in [1.82, 2.24) is 10.5 Å². The molecule has 0 saturated carbocycles. The van der Waals surface area contributed by atoms with E-state index in [9.17, 15) is 0 Å². The molecule has 5 heteroatoms. The first-order valence-corrected chi connectivity index (χ1v) is 5.61. The van der Waals surface area contributed by atoms with Gasteiger partial charge < -0.3 is 20.3 Å². The molecule has 0 spiro atoms. The minimum absolute atomic E-state index is 0.325. The number of aromatic nitrogens is 1. The van der Waals surface area contributed by atoms with Crippen LogP contribution < -0.4 is 11.1 Å². The SMILES string of the molecule is COCC(CCCN)NCc1cc(C)on1. The van der Waals surface area contributed by atoms with Gasteiger partial charge in [0, 0.05) is 25.8 Å². The van der Waals surface area contributed by atoms with E-state index >= 15 is 0 Å². The van der Waals surface area contributed by atoms with Gasteiger partial charge in [-0.3, -0.25) is 0 Å².